The van der Waals surface area contributed by atoms with Crippen LogP contribution < -0.4 is 5.32 Å². The van der Waals surface area contributed by atoms with Gasteiger partial charge in [0.2, 0.25) is 0 Å². The molecule has 0 atom stereocenters. The summed E-state index contributed by atoms with van der Waals surface area (Å²) in [5.41, 5.74) is 1.69. The van der Waals surface area contributed by atoms with Gasteiger partial charge >= 0.3 is 0 Å². The number of nitrogens with zero attached hydrogens (tertiary/aromatic N) is 2. The topological polar surface area (TPSA) is 29.9 Å². The Bertz CT molecular complexity index is 331. The predicted molar refractivity (Wildman–Crippen MR) is 66.2 cm³/mol. The van der Waals surface area contributed by atoms with Crippen LogP contribution in [0.4, 0.5) is 0 Å². The number of nitrogens with one attached hydrogen (secondary N) is 1. The van der Waals surface area contributed by atoms with E-state index in [-0.39, 0.29) is 0 Å². The monoisotopic (exact) mass is 221 g/mol. The van der Waals surface area contributed by atoms with Crippen molar-refractivity contribution in [3.8, 4) is 0 Å². The summed E-state index contributed by atoms with van der Waals surface area (Å²) >= 11 is 0. The van der Waals surface area contributed by atoms with Crippen LogP contribution in [-0.2, 0) is 13.1 Å². The molecule has 0 bridgehead atoms. The SMILES string of the molecule is CC(C)(C)CCn1cc(CNC2CC2)cn1. The molecule has 1 heterocycles. The summed E-state index contributed by atoms with van der Waals surface area (Å²) < 4.78 is 2.06. The highest BCUT2D eigenvalue weighted by Crippen LogP contribution is 2.20. The molecule has 16 heavy (non-hydrogen) atoms. The van der Waals surface area contributed by atoms with Crippen molar-refractivity contribution in [2.24, 2.45) is 5.41 Å². The van der Waals surface area contributed by atoms with Crippen LogP contribution in [0, 0.1) is 5.41 Å². The molecular weight excluding hydrogens is 198 g/mol. The fraction of sp³-hybridized carbons (Fsp3) is 0.769. The minimum atomic E-state index is 0.387. The van der Waals surface area contributed by atoms with E-state index in [4.69, 9.17) is 0 Å². The summed E-state index contributed by atoms with van der Waals surface area (Å²) in [5.74, 6) is 0. The summed E-state index contributed by atoms with van der Waals surface area (Å²) in [7, 11) is 0. The molecule has 90 valence electrons. The third-order valence-corrected chi connectivity index (χ3v) is 2.95. The standard InChI is InChI=1S/C13H23N3/c1-13(2,3)6-7-16-10-11(9-15-16)8-14-12-4-5-12/h9-10,12,14H,4-8H2,1-3H3. The molecule has 3 nitrogen and oxygen atoms in total. The second-order valence-corrected chi connectivity index (χ2v) is 6.08. The zero-order valence-corrected chi connectivity index (χ0v) is 10.7. The highest BCUT2D eigenvalue weighted by atomic mass is 15.3. The van der Waals surface area contributed by atoms with Gasteiger partial charge in [0.15, 0.2) is 0 Å². The molecule has 0 unspecified atom stereocenters. The lowest BCUT2D eigenvalue weighted by atomic mass is 9.92. The van der Waals surface area contributed by atoms with Gasteiger partial charge in [0.25, 0.3) is 0 Å². The highest BCUT2D eigenvalue weighted by Gasteiger charge is 2.20. The predicted octanol–water partition coefficient (Wildman–Crippen LogP) is 2.57. The Kier molecular flexibility index (Phi) is 3.33. The summed E-state index contributed by atoms with van der Waals surface area (Å²) in [6, 6.07) is 0.776. The van der Waals surface area contributed by atoms with Crippen molar-refractivity contribution >= 4 is 0 Å². The fourth-order valence-electron chi connectivity index (χ4n) is 1.62. The van der Waals surface area contributed by atoms with E-state index in [1.54, 1.807) is 0 Å². The van der Waals surface area contributed by atoms with Crippen molar-refractivity contribution in [1.29, 1.82) is 0 Å². The van der Waals surface area contributed by atoms with Crippen LogP contribution in [0.1, 0.15) is 45.6 Å². The van der Waals surface area contributed by atoms with Crippen molar-refractivity contribution in [3.63, 3.8) is 0 Å². The normalized spacial score (nSPS) is 16.7. The van der Waals surface area contributed by atoms with Crippen molar-refractivity contribution in [2.45, 2.75) is 59.2 Å². The molecule has 1 aromatic heterocycles. The second kappa shape index (κ2) is 4.58. The Balaban J connectivity index is 1.77. The minimum Gasteiger partial charge on any atom is -0.310 e. The second-order valence-electron chi connectivity index (χ2n) is 6.08. The van der Waals surface area contributed by atoms with Crippen LogP contribution in [0.3, 0.4) is 0 Å². The van der Waals surface area contributed by atoms with Crippen LogP contribution >= 0.6 is 0 Å². The maximum atomic E-state index is 4.39. The van der Waals surface area contributed by atoms with Gasteiger partial charge in [-0.3, -0.25) is 4.68 Å². The zero-order chi connectivity index (χ0) is 11.6. The maximum absolute atomic E-state index is 4.39. The van der Waals surface area contributed by atoms with E-state index in [0.29, 0.717) is 5.41 Å². The fourth-order valence-corrected chi connectivity index (χ4v) is 1.62. The van der Waals surface area contributed by atoms with E-state index in [1.807, 2.05) is 6.20 Å². The Morgan fingerprint density at radius 3 is 2.81 bits per heavy atom. The Morgan fingerprint density at radius 1 is 1.44 bits per heavy atom. The smallest absolute Gasteiger partial charge is 0.0534 e. The molecule has 1 aliphatic carbocycles. The molecule has 0 spiro atoms. The molecule has 0 radical (unpaired) electrons. The molecule has 1 fully saturated rings. The average Bonchev–Trinajstić information content (AvgIpc) is 2.91. The lowest BCUT2D eigenvalue weighted by molar-refractivity contribution is 0.341. The highest BCUT2D eigenvalue weighted by molar-refractivity contribution is 5.04. The molecule has 1 aromatic rings. The Morgan fingerprint density at radius 2 is 2.19 bits per heavy atom. The number of aryl methyl sites for hydroxylation is 1. The van der Waals surface area contributed by atoms with E-state index in [2.05, 4.69) is 42.1 Å². The van der Waals surface area contributed by atoms with Crippen molar-refractivity contribution < 1.29 is 0 Å². The quantitative estimate of drug-likeness (QED) is 0.828. The van der Waals surface area contributed by atoms with Gasteiger partial charge in [0.05, 0.1) is 6.20 Å². The van der Waals surface area contributed by atoms with Crippen molar-refractivity contribution in [1.82, 2.24) is 15.1 Å². The van der Waals surface area contributed by atoms with Gasteiger partial charge < -0.3 is 5.32 Å². The van der Waals surface area contributed by atoms with Gasteiger partial charge in [0.1, 0.15) is 0 Å². The van der Waals surface area contributed by atoms with Gasteiger partial charge in [-0.05, 0) is 24.7 Å². The first-order valence-corrected chi connectivity index (χ1v) is 6.28. The number of hydrogen-bond acceptors (Lipinski definition) is 2. The summed E-state index contributed by atoms with van der Waals surface area (Å²) in [5, 5.41) is 7.90. The molecule has 0 saturated heterocycles. The Labute approximate surface area is 98.2 Å². The maximum Gasteiger partial charge on any atom is 0.0534 e. The van der Waals surface area contributed by atoms with E-state index in [9.17, 15) is 0 Å². The van der Waals surface area contributed by atoms with Gasteiger partial charge in [0, 0.05) is 30.9 Å². The molecule has 1 N–H and O–H groups in total. The van der Waals surface area contributed by atoms with Crippen LogP contribution in [0.15, 0.2) is 12.4 Å². The first-order valence-electron chi connectivity index (χ1n) is 6.28. The number of aromatic nitrogens is 2. The third-order valence-electron chi connectivity index (χ3n) is 2.95. The minimum absolute atomic E-state index is 0.387. The molecule has 0 aliphatic heterocycles. The van der Waals surface area contributed by atoms with E-state index < -0.39 is 0 Å². The number of rotatable bonds is 5. The van der Waals surface area contributed by atoms with E-state index in [0.717, 1.165) is 19.1 Å². The molecule has 0 aromatic carbocycles. The molecule has 3 heteroatoms. The van der Waals surface area contributed by atoms with E-state index in [1.165, 1.54) is 24.8 Å². The first-order chi connectivity index (χ1) is 7.53. The zero-order valence-electron chi connectivity index (χ0n) is 10.7. The van der Waals surface area contributed by atoms with Crippen molar-refractivity contribution in [2.75, 3.05) is 0 Å². The van der Waals surface area contributed by atoms with Gasteiger partial charge in [-0.1, -0.05) is 20.8 Å². The molecule has 2 rings (SSSR count). The van der Waals surface area contributed by atoms with Gasteiger partial charge in [-0.15, -0.1) is 0 Å². The average molecular weight is 221 g/mol. The molecule has 0 amide bonds. The third kappa shape index (κ3) is 3.97. The largest absolute Gasteiger partial charge is 0.310 e. The van der Waals surface area contributed by atoms with Crippen LogP contribution in [-0.4, -0.2) is 15.8 Å². The van der Waals surface area contributed by atoms with E-state index >= 15 is 0 Å². The van der Waals surface area contributed by atoms with Crippen LogP contribution in [0.5, 0.6) is 0 Å². The molecular formula is C13H23N3. The molecule has 1 saturated carbocycles. The van der Waals surface area contributed by atoms with Gasteiger partial charge in [-0.2, -0.15) is 5.10 Å². The van der Waals surface area contributed by atoms with Crippen LogP contribution in [0.2, 0.25) is 0 Å². The summed E-state index contributed by atoms with van der Waals surface area (Å²) in [4.78, 5) is 0. The lowest BCUT2D eigenvalue weighted by Crippen LogP contribution is -2.14. The first kappa shape index (κ1) is 11.6. The summed E-state index contributed by atoms with van der Waals surface area (Å²) in [6.45, 7) is 8.80. The number of hydrogen-bond donors (Lipinski definition) is 1. The van der Waals surface area contributed by atoms with Crippen LogP contribution in [0.25, 0.3) is 0 Å². The summed E-state index contributed by atoms with van der Waals surface area (Å²) in [6.07, 6.45) is 8.01. The van der Waals surface area contributed by atoms with Crippen molar-refractivity contribution in [3.05, 3.63) is 18.0 Å². The lowest BCUT2D eigenvalue weighted by Gasteiger charge is -2.17. The van der Waals surface area contributed by atoms with Gasteiger partial charge in [-0.25, -0.2) is 0 Å². The molecule has 1 aliphatic rings. The Hall–Kier alpha value is -0.830.